The van der Waals surface area contributed by atoms with Crippen LogP contribution in [0.1, 0.15) is 11.4 Å². The molecule has 6 nitrogen and oxygen atoms in total. The van der Waals surface area contributed by atoms with Crippen molar-refractivity contribution in [2.24, 2.45) is 5.73 Å². The van der Waals surface area contributed by atoms with Crippen molar-refractivity contribution >= 4 is 11.7 Å². The SMILES string of the molecule is Cc1ncc(NCCOCC(N)=O)nc1C. The van der Waals surface area contributed by atoms with Gasteiger partial charge in [0.25, 0.3) is 0 Å². The Balaban J connectivity index is 2.27. The Morgan fingerprint density at radius 1 is 1.50 bits per heavy atom. The van der Waals surface area contributed by atoms with E-state index in [9.17, 15) is 4.79 Å². The van der Waals surface area contributed by atoms with Crippen LogP contribution < -0.4 is 11.1 Å². The maximum Gasteiger partial charge on any atom is 0.243 e. The number of aromatic nitrogens is 2. The Morgan fingerprint density at radius 2 is 2.25 bits per heavy atom. The first-order valence-corrected chi connectivity index (χ1v) is 4.99. The van der Waals surface area contributed by atoms with Gasteiger partial charge in [-0.3, -0.25) is 9.78 Å². The number of anilines is 1. The van der Waals surface area contributed by atoms with Gasteiger partial charge in [-0.15, -0.1) is 0 Å². The number of nitrogens with two attached hydrogens (primary N) is 1. The zero-order chi connectivity index (χ0) is 12.0. The van der Waals surface area contributed by atoms with Gasteiger partial charge < -0.3 is 15.8 Å². The fraction of sp³-hybridized carbons (Fsp3) is 0.500. The molecular formula is C10H16N4O2. The maximum atomic E-state index is 10.4. The number of primary amides is 1. The van der Waals surface area contributed by atoms with Crippen LogP contribution in [0.15, 0.2) is 6.20 Å². The molecule has 0 unspecified atom stereocenters. The van der Waals surface area contributed by atoms with Crippen molar-refractivity contribution in [2.75, 3.05) is 25.1 Å². The first kappa shape index (κ1) is 12.4. The standard InChI is InChI=1S/C10H16N4O2/c1-7-8(2)14-10(5-13-7)12-3-4-16-6-9(11)15/h5H,3-4,6H2,1-2H3,(H2,11,15)(H,12,14). The third-order valence-electron chi connectivity index (χ3n) is 1.99. The highest BCUT2D eigenvalue weighted by atomic mass is 16.5. The van der Waals surface area contributed by atoms with Gasteiger partial charge in [0.05, 0.1) is 24.2 Å². The molecule has 0 fully saturated rings. The number of aryl methyl sites for hydroxylation is 2. The van der Waals surface area contributed by atoms with Crippen LogP contribution in [0.25, 0.3) is 0 Å². The van der Waals surface area contributed by atoms with Gasteiger partial charge in [-0.05, 0) is 13.8 Å². The van der Waals surface area contributed by atoms with E-state index in [4.69, 9.17) is 10.5 Å². The molecule has 0 aliphatic carbocycles. The van der Waals surface area contributed by atoms with Crippen LogP contribution in [0.3, 0.4) is 0 Å². The Morgan fingerprint density at radius 3 is 2.88 bits per heavy atom. The van der Waals surface area contributed by atoms with Crippen molar-refractivity contribution in [2.45, 2.75) is 13.8 Å². The molecule has 0 saturated carbocycles. The summed E-state index contributed by atoms with van der Waals surface area (Å²) in [6.07, 6.45) is 1.66. The van der Waals surface area contributed by atoms with E-state index < -0.39 is 5.91 Å². The number of amides is 1. The zero-order valence-electron chi connectivity index (χ0n) is 9.49. The molecule has 1 amide bonds. The molecule has 3 N–H and O–H groups in total. The van der Waals surface area contributed by atoms with E-state index in [0.29, 0.717) is 19.0 Å². The van der Waals surface area contributed by atoms with Crippen molar-refractivity contribution in [3.63, 3.8) is 0 Å². The van der Waals surface area contributed by atoms with Gasteiger partial charge in [-0.25, -0.2) is 4.98 Å². The van der Waals surface area contributed by atoms with Crippen molar-refractivity contribution in [1.29, 1.82) is 0 Å². The summed E-state index contributed by atoms with van der Waals surface area (Å²) in [6, 6.07) is 0. The lowest BCUT2D eigenvalue weighted by atomic mass is 10.3. The second kappa shape index (κ2) is 6.02. The Hall–Kier alpha value is -1.69. The van der Waals surface area contributed by atoms with Gasteiger partial charge in [0, 0.05) is 6.54 Å². The van der Waals surface area contributed by atoms with Crippen LogP contribution in [-0.4, -0.2) is 35.6 Å². The van der Waals surface area contributed by atoms with Crippen LogP contribution in [0.2, 0.25) is 0 Å². The molecule has 0 radical (unpaired) electrons. The Kier molecular flexibility index (Phi) is 4.65. The van der Waals surface area contributed by atoms with E-state index in [1.165, 1.54) is 0 Å². The fourth-order valence-electron chi connectivity index (χ4n) is 1.05. The summed E-state index contributed by atoms with van der Waals surface area (Å²) in [5.41, 5.74) is 6.72. The van der Waals surface area contributed by atoms with Gasteiger partial charge in [0.1, 0.15) is 12.4 Å². The minimum absolute atomic E-state index is 0.0553. The second-order valence-corrected chi connectivity index (χ2v) is 3.37. The van der Waals surface area contributed by atoms with Gasteiger partial charge in [-0.2, -0.15) is 0 Å². The first-order chi connectivity index (χ1) is 7.59. The quantitative estimate of drug-likeness (QED) is 0.664. The van der Waals surface area contributed by atoms with E-state index in [1.807, 2.05) is 13.8 Å². The number of hydrogen-bond donors (Lipinski definition) is 2. The maximum absolute atomic E-state index is 10.4. The number of rotatable bonds is 6. The summed E-state index contributed by atoms with van der Waals surface area (Å²) in [7, 11) is 0. The molecule has 88 valence electrons. The van der Waals surface area contributed by atoms with E-state index in [2.05, 4.69) is 15.3 Å². The Labute approximate surface area is 94.2 Å². The van der Waals surface area contributed by atoms with E-state index >= 15 is 0 Å². The van der Waals surface area contributed by atoms with E-state index in [1.54, 1.807) is 6.20 Å². The third-order valence-corrected chi connectivity index (χ3v) is 1.99. The summed E-state index contributed by atoms with van der Waals surface area (Å²) >= 11 is 0. The molecule has 0 atom stereocenters. The largest absolute Gasteiger partial charge is 0.370 e. The average molecular weight is 224 g/mol. The minimum Gasteiger partial charge on any atom is -0.370 e. The van der Waals surface area contributed by atoms with Crippen molar-refractivity contribution in [3.8, 4) is 0 Å². The minimum atomic E-state index is -0.467. The summed E-state index contributed by atoms with van der Waals surface area (Å²) in [4.78, 5) is 18.8. The topological polar surface area (TPSA) is 90.1 Å². The smallest absolute Gasteiger partial charge is 0.243 e. The molecule has 0 aliphatic rings. The monoisotopic (exact) mass is 224 g/mol. The fourth-order valence-corrected chi connectivity index (χ4v) is 1.05. The molecule has 16 heavy (non-hydrogen) atoms. The average Bonchev–Trinajstić information content (AvgIpc) is 2.22. The van der Waals surface area contributed by atoms with Gasteiger partial charge in [0.15, 0.2) is 0 Å². The molecule has 0 bridgehead atoms. The molecule has 1 aromatic heterocycles. The summed E-state index contributed by atoms with van der Waals surface area (Å²) in [5.74, 6) is 0.233. The molecular weight excluding hydrogens is 208 g/mol. The zero-order valence-corrected chi connectivity index (χ0v) is 9.49. The molecule has 6 heteroatoms. The van der Waals surface area contributed by atoms with Gasteiger partial charge >= 0.3 is 0 Å². The lowest BCUT2D eigenvalue weighted by Crippen LogP contribution is -2.20. The second-order valence-electron chi connectivity index (χ2n) is 3.37. The lowest BCUT2D eigenvalue weighted by Gasteiger charge is -2.06. The molecule has 1 heterocycles. The van der Waals surface area contributed by atoms with E-state index in [0.717, 1.165) is 11.4 Å². The predicted molar refractivity (Wildman–Crippen MR) is 60.0 cm³/mol. The van der Waals surface area contributed by atoms with Crippen molar-refractivity contribution in [1.82, 2.24) is 9.97 Å². The lowest BCUT2D eigenvalue weighted by molar-refractivity contribution is -0.122. The summed E-state index contributed by atoms with van der Waals surface area (Å²) in [6.45, 7) is 4.71. The highest BCUT2D eigenvalue weighted by Gasteiger charge is 1.99. The highest BCUT2D eigenvalue weighted by Crippen LogP contribution is 2.04. The number of carbonyl (C=O) groups is 1. The summed E-state index contributed by atoms with van der Waals surface area (Å²) in [5, 5.41) is 3.04. The van der Waals surface area contributed by atoms with Gasteiger partial charge in [-0.1, -0.05) is 0 Å². The molecule has 1 aromatic rings. The predicted octanol–water partition coefficient (Wildman–Crippen LogP) is 0.00724. The third kappa shape index (κ3) is 4.22. The van der Waals surface area contributed by atoms with E-state index in [-0.39, 0.29) is 6.61 Å². The van der Waals surface area contributed by atoms with Crippen molar-refractivity contribution in [3.05, 3.63) is 17.6 Å². The van der Waals surface area contributed by atoms with Crippen LogP contribution in [0, 0.1) is 13.8 Å². The molecule has 1 rings (SSSR count). The Bertz CT molecular complexity index is 368. The van der Waals surface area contributed by atoms with Crippen LogP contribution in [-0.2, 0) is 9.53 Å². The van der Waals surface area contributed by atoms with Crippen LogP contribution in [0.5, 0.6) is 0 Å². The first-order valence-electron chi connectivity index (χ1n) is 4.99. The number of hydrogen-bond acceptors (Lipinski definition) is 5. The van der Waals surface area contributed by atoms with Crippen LogP contribution >= 0.6 is 0 Å². The number of carbonyl (C=O) groups excluding carboxylic acids is 1. The molecule has 0 aromatic carbocycles. The normalized spacial score (nSPS) is 10.1. The highest BCUT2D eigenvalue weighted by molar-refractivity contribution is 5.74. The number of nitrogens with one attached hydrogen (secondary N) is 1. The molecule has 0 saturated heterocycles. The summed E-state index contributed by atoms with van der Waals surface area (Å²) < 4.78 is 4.99. The number of nitrogens with zero attached hydrogens (tertiary/aromatic N) is 2. The molecule has 0 spiro atoms. The van der Waals surface area contributed by atoms with Crippen LogP contribution in [0.4, 0.5) is 5.82 Å². The number of ether oxygens (including phenoxy) is 1. The van der Waals surface area contributed by atoms with Gasteiger partial charge in [0.2, 0.25) is 5.91 Å². The van der Waals surface area contributed by atoms with Crippen molar-refractivity contribution < 1.29 is 9.53 Å². The molecule has 0 aliphatic heterocycles.